The zero-order valence-corrected chi connectivity index (χ0v) is 10.7. The molecule has 0 saturated carbocycles. The van der Waals surface area contributed by atoms with Crippen LogP contribution in [-0.4, -0.2) is 30.5 Å². The van der Waals surface area contributed by atoms with Gasteiger partial charge in [-0.25, -0.2) is 13.8 Å². The van der Waals surface area contributed by atoms with Gasteiger partial charge in [-0.1, -0.05) is 13.0 Å². The van der Waals surface area contributed by atoms with Crippen molar-refractivity contribution in [3.63, 3.8) is 0 Å². The normalized spacial score (nSPS) is 13.6. The molecule has 19 heavy (non-hydrogen) atoms. The Morgan fingerprint density at radius 1 is 1.37 bits per heavy atom. The standard InChI is InChI=1S/C12H16F4N2O/c1-3-17-8(2)9-4-5-10(18-6-9)19-7-12(15,16)11(13)14/h4-6,8,11,17H,3,7H2,1-2H3. The van der Waals surface area contributed by atoms with Crippen molar-refractivity contribution in [2.75, 3.05) is 13.2 Å². The highest BCUT2D eigenvalue weighted by Gasteiger charge is 2.41. The van der Waals surface area contributed by atoms with Crippen molar-refractivity contribution in [3.05, 3.63) is 23.9 Å². The van der Waals surface area contributed by atoms with E-state index in [4.69, 9.17) is 0 Å². The third kappa shape index (κ3) is 4.66. The van der Waals surface area contributed by atoms with Gasteiger partial charge in [0.05, 0.1) is 0 Å². The number of hydrogen-bond donors (Lipinski definition) is 1. The molecule has 1 N–H and O–H groups in total. The monoisotopic (exact) mass is 280 g/mol. The first-order chi connectivity index (χ1) is 8.86. The number of rotatable bonds is 7. The lowest BCUT2D eigenvalue weighted by atomic mass is 10.1. The number of pyridine rings is 1. The summed E-state index contributed by atoms with van der Waals surface area (Å²) in [7, 11) is 0. The van der Waals surface area contributed by atoms with E-state index in [0.717, 1.165) is 12.1 Å². The molecule has 0 spiro atoms. The Kier molecular flexibility index (Phi) is 5.53. The third-order valence-electron chi connectivity index (χ3n) is 2.50. The molecule has 0 fully saturated rings. The molecule has 1 rings (SSSR count). The predicted molar refractivity (Wildman–Crippen MR) is 62.8 cm³/mol. The van der Waals surface area contributed by atoms with Gasteiger partial charge in [0.25, 0.3) is 0 Å². The summed E-state index contributed by atoms with van der Waals surface area (Å²) in [4.78, 5) is 3.80. The molecule has 0 aliphatic heterocycles. The van der Waals surface area contributed by atoms with Crippen LogP contribution in [0.15, 0.2) is 18.3 Å². The summed E-state index contributed by atoms with van der Waals surface area (Å²) >= 11 is 0. The van der Waals surface area contributed by atoms with Gasteiger partial charge in [-0.05, 0) is 19.0 Å². The van der Waals surface area contributed by atoms with Crippen molar-refractivity contribution < 1.29 is 22.3 Å². The number of halogens is 4. The second kappa shape index (κ2) is 6.70. The zero-order chi connectivity index (χ0) is 14.5. The molecule has 7 heteroatoms. The van der Waals surface area contributed by atoms with E-state index in [1.54, 1.807) is 6.07 Å². The van der Waals surface area contributed by atoms with E-state index in [0.29, 0.717) is 0 Å². The Hall–Kier alpha value is -1.37. The van der Waals surface area contributed by atoms with Gasteiger partial charge < -0.3 is 10.1 Å². The summed E-state index contributed by atoms with van der Waals surface area (Å²) in [6.45, 7) is 3.26. The smallest absolute Gasteiger partial charge is 0.340 e. The second-order valence-electron chi connectivity index (χ2n) is 4.06. The SMILES string of the molecule is CCNC(C)c1ccc(OCC(F)(F)C(F)F)nc1. The molecule has 0 amide bonds. The number of ether oxygens (including phenoxy) is 1. The number of nitrogens with one attached hydrogen (secondary N) is 1. The molecule has 1 heterocycles. The molecule has 0 saturated heterocycles. The van der Waals surface area contributed by atoms with Crippen LogP contribution in [0.1, 0.15) is 25.5 Å². The van der Waals surface area contributed by atoms with Crippen LogP contribution in [0, 0.1) is 0 Å². The van der Waals surface area contributed by atoms with E-state index in [2.05, 4.69) is 15.0 Å². The molecule has 0 aliphatic rings. The van der Waals surface area contributed by atoms with Crippen LogP contribution in [0.4, 0.5) is 17.6 Å². The summed E-state index contributed by atoms with van der Waals surface area (Å²) in [5, 5.41) is 3.15. The molecule has 1 aromatic rings. The fourth-order valence-corrected chi connectivity index (χ4v) is 1.39. The zero-order valence-electron chi connectivity index (χ0n) is 10.7. The van der Waals surface area contributed by atoms with E-state index in [1.807, 2.05) is 13.8 Å². The van der Waals surface area contributed by atoms with E-state index < -0.39 is 19.0 Å². The largest absolute Gasteiger partial charge is 0.471 e. The first-order valence-corrected chi connectivity index (χ1v) is 5.85. The minimum atomic E-state index is -4.17. The highest BCUT2D eigenvalue weighted by atomic mass is 19.3. The fraction of sp³-hybridized carbons (Fsp3) is 0.583. The van der Waals surface area contributed by atoms with E-state index in [9.17, 15) is 17.6 Å². The maximum atomic E-state index is 12.6. The Morgan fingerprint density at radius 2 is 2.05 bits per heavy atom. The first kappa shape index (κ1) is 15.7. The van der Waals surface area contributed by atoms with E-state index >= 15 is 0 Å². The van der Waals surface area contributed by atoms with Gasteiger partial charge in [0.1, 0.15) is 0 Å². The van der Waals surface area contributed by atoms with Crippen molar-refractivity contribution in [3.8, 4) is 5.88 Å². The third-order valence-corrected chi connectivity index (χ3v) is 2.50. The average molecular weight is 280 g/mol. The molecule has 0 aromatic carbocycles. The Bertz CT molecular complexity index is 384. The summed E-state index contributed by atoms with van der Waals surface area (Å²) in [6.07, 6.45) is -2.29. The van der Waals surface area contributed by atoms with Crippen LogP contribution in [0.25, 0.3) is 0 Å². The quantitative estimate of drug-likeness (QED) is 0.780. The van der Waals surface area contributed by atoms with Crippen molar-refractivity contribution in [2.24, 2.45) is 0 Å². The molecule has 3 nitrogen and oxygen atoms in total. The maximum Gasteiger partial charge on any atom is 0.340 e. The van der Waals surface area contributed by atoms with Gasteiger partial charge in [-0.2, -0.15) is 8.78 Å². The molecule has 0 radical (unpaired) electrons. The average Bonchev–Trinajstić information content (AvgIpc) is 2.37. The van der Waals surface area contributed by atoms with Crippen molar-refractivity contribution in [1.82, 2.24) is 10.3 Å². The molecular weight excluding hydrogens is 264 g/mol. The number of alkyl halides is 4. The van der Waals surface area contributed by atoms with Crippen LogP contribution in [0.5, 0.6) is 5.88 Å². The lowest BCUT2D eigenvalue weighted by molar-refractivity contribution is -0.148. The van der Waals surface area contributed by atoms with Crippen LogP contribution >= 0.6 is 0 Å². The van der Waals surface area contributed by atoms with E-state index in [-0.39, 0.29) is 11.9 Å². The summed E-state index contributed by atoms with van der Waals surface area (Å²) < 4.78 is 53.6. The molecule has 108 valence electrons. The number of nitrogens with zero attached hydrogens (tertiary/aromatic N) is 1. The van der Waals surface area contributed by atoms with E-state index in [1.165, 1.54) is 12.3 Å². The molecule has 1 unspecified atom stereocenters. The first-order valence-electron chi connectivity index (χ1n) is 5.85. The number of hydrogen-bond acceptors (Lipinski definition) is 3. The molecule has 0 bridgehead atoms. The molecular formula is C12H16F4N2O. The van der Waals surface area contributed by atoms with Gasteiger partial charge in [0.15, 0.2) is 6.61 Å². The van der Waals surface area contributed by atoms with Crippen LogP contribution in [0.2, 0.25) is 0 Å². The van der Waals surface area contributed by atoms with Gasteiger partial charge in [0, 0.05) is 18.3 Å². The lowest BCUT2D eigenvalue weighted by Gasteiger charge is -2.16. The Morgan fingerprint density at radius 3 is 2.53 bits per heavy atom. The Labute approximate surface area is 109 Å². The lowest BCUT2D eigenvalue weighted by Crippen LogP contribution is -2.33. The summed E-state index contributed by atoms with van der Waals surface area (Å²) in [6, 6.07) is 3.09. The highest BCUT2D eigenvalue weighted by Crippen LogP contribution is 2.24. The maximum absolute atomic E-state index is 12.6. The minimum Gasteiger partial charge on any atom is -0.471 e. The summed E-state index contributed by atoms with van der Waals surface area (Å²) in [5.41, 5.74) is 0.856. The van der Waals surface area contributed by atoms with Gasteiger partial charge in [0.2, 0.25) is 5.88 Å². The second-order valence-corrected chi connectivity index (χ2v) is 4.06. The van der Waals surface area contributed by atoms with Gasteiger partial charge >= 0.3 is 12.3 Å². The highest BCUT2D eigenvalue weighted by molar-refractivity contribution is 5.20. The minimum absolute atomic E-state index is 0.0639. The molecule has 0 aliphatic carbocycles. The Balaban J connectivity index is 2.58. The van der Waals surface area contributed by atoms with Crippen molar-refractivity contribution >= 4 is 0 Å². The molecule has 1 atom stereocenters. The van der Waals surface area contributed by atoms with Gasteiger partial charge in [-0.15, -0.1) is 0 Å². The van der Waals surface area contributed by atoms with Gasteiger partial charge in [-0.3, -0.25) is 0 Å². The fourth-order valence-electron chi connectivity index (χ4n) is 1.39. The molecule has 1 aromatic heterocycles. The summed E-state index contributed by atoms with van der Waals surface area (Å²) in [5.74, 6) is -4.27. The van der Waals surface area contributed by atoms with Crippen LogP contribution in [0.3, 0.4) is 0 Å². The van der Waals surface area contributed by atoms with Crippen LogP contribution < -0.4 is 10.1 Å². The topological polar surface area (TPSA) is 34.1 Å². The number of aromatic nitrogens is 1. The van der Waals surface area contributed by atoms with Crippen molar-refractivity contribution in [1.29, 1.82) is 0 Å². The van der Waals surface area contributed by atoms with Crippen molar-refractivity contribution in [2.45, 2.75) is 32.2 Å². The predicted octanol–water partition coefficient (Wildman–Crippen LogP) is 3.03. The van der Waals surface area contributed by atoms with Crippen LogP contribution in [-0.2, 0) is 0 Å².